The minimum Gasteiger partial charge on any atom is -0.366 e. The number of carbonyl (C=O) groups is 2. The number of halogens is 3. The van der Waals surface area contributed by atoms with Gasteiger partial charge in [0.25, 0.3) is 11.5 Å². The maximum Gasteiger partial charge on any atom is 0.299 e. The Bertz CT molecular complexity index is 1750. The molecule has 0 radical (unpaired) electrons. The lowest BCUT2D eigenvalue weighted by Gasteiger charge is -2.29. The second-order valence-corrected chi connectivity index (χ2v) is 12.7. The summed E-state index contributed by atoms with van der Waals surface area (Å²) >= 11 is 6.29. The molecule has 0 bridgehead atoms. The summed E-state index contributed by atoms with van der Waals surface area (Å²) in [5, 5.41) is 9.49. The van der Waals surface area contributed by atoms with Crippen molar-refractivity contribution in [2.75, 3.05) is 29.9 Å². The molecule has 1 saturated heterocycles. The van der Waals surface area contributed by atoms with Crippen molar-refractivity contribution in [2.45, 2.75) is 79.7 Å². The van der Waals surface area contributed by atoms with Crippen molar-refractivity contribution in [1.29, 1.82) is 0 Å². The van der Waals surface area contributed by atoms with Crippen molar-refractivity contribution in [1.82, 2.24) is 14.6 Å². The number of amides is 2. The molecular formula is C35H46ClF2N7O3. The molecule has 0 saturated carbocycles. The number of hydrogen-bond donors (Lipinski definition) is 2. The largest absolute Gasteiger partial charge is 0.366 e. The molecule has 1 aromatic carbocycles. The zero-order chi connectivity index (χ0) is 35.8. The molecule has 2 N–H and O–H groups in total. The van der Waals surface area contributed by atoms with Crippen LogP contribution in [0.3, 0.4) is 0 Å². The molecule has 1 aliphatic rings. The zero-order valence-electron chi connectivity index (χ0n) is 28.6. The molecule has 2 aromatic rings. The van der Waals surface area contributed by atoms with Crippen LogP contribution in [0.15, 0.2) is 68.7 Å². The van der Waals surface area contributed by atoms with Crippen LogP contribution in [0.1, 0.15) is 72.1 Å². The van der Waals surface area contributed by atoms with Gasteiger partial charge >= 0.3 is 0 Å². The number of nitrogens with zero attached hydrogens (tertiary/aromatic N) is 5. The van der Waals surface area contributed by atoms with Crippen LogP contribution in [0.5, 0.6) is 0 Å². The highest BCUT2D eigenvalue weighted by atomic mass is 35.5. The van der Waals surface area contributed by atoms with E-state index in [1.807, 2.05) is 25.7 Å². The van der Waals surface area contributed by atoms with Crippen LogP contribution < -0.4 is 26.7 Å². The molecule has 3 rings (SSSR count). The Balaban J connectivity index is 2.17. The molecule has 0 atom stereocenters. The maximum atomic E-state index is 14.1. The minimum atomic E-state index is -3.10. The average molecular weight is 686 g/mol. The molecule has 2 heterocycles. The highest BCUT2D eigenvalue weighted by molar-refractivity contribution is 6.33. The van der Waals surface area contributed by atoms with Crippen LogP contribution in [-0.4, -0.2) is 47.4 Å². The Morgan fingerprint density at radius 1 is 1.25 bits per heavy atom. The topological polar surface area (TPSA) is 113 Å². The van der Waals surface area contributed by atoms with E-state index in [0.29, 0.717) is 48.1 Å². The van der Waals surface area contributed by atoms with Gasteiger partial charge in [0.15, 0.2) is 0 Å². The Hall–Kier alpha value is -4.32. The lowest BCUT2D eigenvalue weighted by Crippen LogP contribution is -2.46. The fourth-order valence-corrected chi connectivity index (χ4v) is 5.47. The number of allylic oxidation sites excluding steroid dienone is 3. The maximum absolute atomic E-state index is 14.1. The standard InChI is InChI=1S/C35H46ClF2N7O3/c1-9-16-43(17-15-22(3)4)32-29(10-2)44(21-31(47)42-28-14-12-25(19-26(28)36)35(7,37)38)34(45(39-8)33(32)48)40-20-23(5)11-13-27-24(6)18-30(46)41-27/h11-14,19,22H,6,8-10,15-18,20-21H2,1-5,7H3,(H,41,46)(H,42,47)/b23-11+,27-13+,40-34?. The molecule has 2 amide bonds. The van der Waals surface area contributed by atoms with Crippen LogP contribution in [0.25, 0.3) is 0 Å². The molecule has 48 heavy (non-hydrogen) atoms. The van der Waals surface area contributed by atoms with E-state index in [0.717, 1.165) is 36.1 Å². The third-order valence-electron chi connectivity index (χ3n) is 7.77. The Morgan fingerprint density at radius 2 is 1.96 bits per heavy atom. The van der Waals surface area contributed by atoms with E-state index < -0.39 is 17.4 Å². The van der Waals surface area contributed by atoms with Crippen molar-refractivity contribution in [2.24, 2.45) is 16.0 Å². The van der Waals surface area contributed by atoms with E-state index in [4.69, 9.17) is 16.6 Å². The Labute approximate surface area is 285 Å². The quantitative estimate of drug-likeness (QED) is 0.219. The van der Waals surface area contributed by atoms with E-state index in [1.54, 1.807) is 16.7 Å². The molecule has 0 aliphatic carbocycles. The number of alkyl halides is 2. The van der Waals surface area contributed by atoms with Crippen LogP contribution in [0, 0.1) is 5.92 Å². The number of nitrogens with one attached hydrogen (secondary N) is 2. The first-order valence-electron chi connectivity index (χ1n) is 16.0. The van der Waals surface area contributed by atoms with Crippen molar-refractivity contribution >= 4 is 41.5 Å². The summed E-state index contributed by atoms with van der Waals surface area (Å²) in [6, 6.07) is 3.66. The number of benzene rings is 1. The van der Waals surface area contributed by atoms with Gasteiger partial charge in [0, 0.05) is 38.0 Å². The van der Waals surface area contributed by atoms with Crippen molar-refractivity contribution in [3.05, 3.63) is 86.0 Å². The zero-order valence-corrected chi connectivity index (χ0v) is 29.4. The van der Waals surface area contributed by atoms with Crippen LogP contribution in [0.2, 0.25) is 5.02 Å². The van der Waals surface area contributed by atoms with E-state index in [9.17, 15) is 23.2 Å². The first-order valence-corrected chi connectivity index (χ1v) is 16.4. The second kappa shape index (κ2) is 16.7. The van der Waals surface area contributed by atoms with E-state index >= 15 is 0 Å². The molecule has 10 nitrogen and oxygen atoms in total. The van der Waals surface area contributed by atoms with Gasteiger partial charge in [-0.3, -0.25) is 14.4 Å². The summed E-state index contributed by atoms with van der Waals surface area (Å²) in [5.74, 6) is -3.34. The smallest absolute Gasteiger partial charge is 0.299 e. The van der Waals surface area contributed by atoms with Gasteiger partial charge in [-0.1, -0.05) is 63.6 Å². The fraction of sp³-hybridized carbons (Fsp3) is 0.457. The first kappa shape index (κ1) is 38.1. The van der Waals surface area contributed by atoms with Crippen molar-refractivity contribution in [3.63, 3.8) is 0 Å². The normalized spacial score (nSPS) is 15.0. The fourth-order valence-electron chi connectivity index (χ4n) is 5.25. The van der Waals surface area contributed by atoms with Crippen LogP contribution >= 0.6 is 11.6 Å². The van der Waals surface area contributed by atoms with Crippen LogP contribution in [0.4, 0.5) is 20.2 Å². The highest BCUT2D eigenvalue weighted by Gasteiger charge is 2.26. The van der Waals surface area contributed by atoms with Crippen molar-refractivity contribution < 1.29 is 18.4 Å². The lowest BCUT2D eigenvalue weighted by atomic mass is 10.1. The molecule has 260 valence electrons. The SMILES string of the molecule is C=Nn1c(=O)c(N(CCC)CCC(C)C)c(CC)n(CC(=O)Nc2ccc(C(C)(F)F)cc2Cl)c1=NC/C(C)=C/C=C1/NC(=O)CC1=C. The third-order valence-corrected chi connectivity index (χ3v) is 8.09. The summed E-state index contributed by atoms with van der Waals surface area (Å²) < 4.78 is 30.5. The number of aromatic nitrogens is 2. The van der Waals surface area contributed by atoms with Crippen molar-refractivity contribution in [3.8, 4) is 0 Å². The van der Waals surface area contributed by atoms with Gasteiger partial charge in [-0.15, -0.1) is 0 Å². The average Bonchev–Trinajstić information content (AvgIpc) is 3.34. The Kier molecular flexibility index (Phi) is 13.2. The van der Waals surface area contributed by atoms with Crippen LogP contribution in [-0.2, 0) is 28.5 Å². The van der Waals surface area contributed by atoms with Gasteiger partial charge in [-0.2, -0.15) is 9.78 Å². The summed E-state index contributed by atoms with van der Waals surface area (Å²) in [6.45, 7) is 19.4. The number of rotatable bonds is 15. The molecule has 1 fully saturated rings. The molecule has 1 aromatic heterocycles. The van der Waals surface area contributed by atoms with E-state index in [1.165, 1.54) is 12.1 Å². The third kappa shape index (κ3) is 9.62. The number of anilines is 2. The minimum absolute atomic E-state index is 0.0368. The highest BCUT2D eigenvalue weighted by Crippen LogP contribution is 2.32. The van der Waals surface area contributed by atoms with Gasteiger partial charge in [0.2, 0.25) is 17.4 Å². The van der Waals surface area contributed by atoms with Gasteiger partial charge in [0.05, 0.1) is 29.4 Å². The molecule has 0 unspecified atom stereocenters. The molecule has 0 spiro atoms. The molecule has 1 aliphatic heterocycles. The van der Waals surface area contributed by atoms with E-state index in [2.05, 4.69) is 42.9 Å². The molecular weight excluding hydrogens is 640 g/mol. The summed E-state index contributed by atoms with van der Waals surface area (Å²) in [5.41, 5.74) is 2.70. The first-order chi connectivity index (χ1) is 22.6. The number of hydrogen-bond acceptors (Lipinski definition) is 6. The summed E-state index contributed by atoms with van der Waals surface area (Å²) in [7, 11) is 0. The van der Waals surface area contributed by atoms with Gasteiger partial charge < -0.3 is 20.1 Å². The predicted octanol–water partition coefficient (Wildman–Crippen LogP) is 6.15. The van der Waals surface area contributed by atoms with E-state index in [-0.39, 0.29) is 47.3 Å². The lowest BCUT2D eigenvalue weighted by molar-refractivity contribution is -0.118. The van der Waals surface area contributed by atoms with Gasteiger partial charge in [-0.05, 0) is 55.9 Å². The summed E-state index contributed by atoms with van der Waals surface area (Å²) in [4.78, 5) is 46.2. The predicted molar refractivity (Wildman–Crippen MR) is 189 cm³/mol. The van der Waals surface area contributed by atoms with Gasteiger partial charge in [-0.25, -0.2) is 13.8 Å². The molecule has 13 heteroatoms. The number of carbonyl (C=O) groups excluding carboxylic acids is 2. The Morgan fingerprint density at radius 3 is 2.50 bits per heavy atom. The monoisotopic (exact) mass is 685 g/mol. The summed E-state index contributed by atoms with van der Waals surface area (Å²) in [6.07, 6.45) is 5.80. The van der Waals surface area contributed by atoms with Gasteiger partial charge in [0.1, 0.15) is 12.2 Å². The second-order valence-electron chi connectivity index (χ2n) is 12.3.